The first-order valence-electron chi connectivity index (χ1n) is 3.45. The van der Waals surface area contributed by atoms with Crippen molar-refractivity contribution in [3.05, 3.63) is 0 Å². The summed E-state index contributed by atoms with van der Waals surface area (Å²) in [5.74, 6) is 5.17. The van der Waals surface area contributed by atoms with Crippen molar-refractivity contribution in [1.29, 1.82) is 0 Å². The molecule has 0 saturated carbocycles. The molecule has 66 valence electrons. The maximum Gasteiger partial charge on any atom is 0.211 e. The van der Waals surface area contributed by atoms with Gasteiger partial charge in [0.25, 0.3) is 0 Å². The van der Waals surface area contributed by atoms with Crippen molar-refractivity contribution in [2.24, 2.45) is 5.84 Å². The second kappa shape index (κ2) is 3.06. The van der Waals surface area contributed by atoms with Crippen LogP contribution in [0.3, 0.4) is 0 Å². The highest BCUT2D eigenvalue weighted by Crippen LogP contribution is 2.11. The monoisotopic (exact) mass is 179 g/mol. The van der Waals surface area contributed by atoms with E-state index in [4.69, 9.17) is 5.84 Å². The molecule has 0 radical (unpaired) electrons. The van der Waals surface area contributed by atoms with E-state index in [1.165, 1.54) is 10.6 Å². The molecule has 1 heterocycles. The van der Waals surface area contributed by atoms with Crippen LogP contribution in [0.4, 0.5) is 0 Å². The van der Waals surface area contributed by atoms with Gasteiger partial charge in [-0.05, 0) is 6.42 Å². The largest absolute Gasteiger partial charge is 0.271 e. The molecule has 1 rings (SSSR count). The zero-order valence-electron chi connectivity index (χ0n) is 6.45. The molecule has 0 aliphatic carbocycles. The highest BCUT2D eigenvalue weighted by atomic mass is 32.2. The molecule has 1 aliphatic heterocycles. The summed E-state index contributed by atoms with van der Waals surface area (Å²) >= 11 is 0. The SMILES string of the molecule is CS(=O)(=O)N1CC[C@H](NN)C1. The van der Waals surface area contributed by atoms with E-state index in [0.717, 1.165) is 6.42 Å². The van der Waals surface area contributed by atoms with Gasteiger partial charge < -0.3 is 0 Å². The molecule has 1 saturated heterocycles. The fraction of sp³-hybridized carbons (Fsp3) is 1.00. The molecule has 5 nitrogen and oxygen atoms in total. The second-order valence-electron chi connectivity index (χ2n) is 2.77. The molecule has 0 aromatic rings. The minimum absolute atomic E-state index is 0.115. The fourth-order valence-electron chi connectivity index (χ4n) is 1.17. The molecule has 0 aromatic heterocycles. The topological polar surface area (TPSA) is 75.4 Å². The van der Waals surface area contributed by atoms with Crippen molar-refractivity contribution in [3.63, 3.8) is 0 Å². The number of rotatable bonds is 2. The number of nitrogens with two attached hydrogens (primary N) is 1. The Bertz CT molecular complexity index is 226. The van der Waals surface area contributed by atoms with Crippen LogP contribution in [-0.4, -0.2) is 38.1 Å². The average molecular weight is 179 g/mol. The third kappa shape index (κ3) is 2.13. The zero-order chi connectivity index (χ0) is 8.48. The van der Waals surface area contributed by atoms with Crippen LogP contribution in [0.15, 0.2) is 0 Å². The van der Waals surface area contributed by atoms with Crippen molar-refractivity contribution in [2.75, 3.05) is 19.3 Å². The van der Waals surface area contributed by atoms with Crippen LogP contribution in [0, 0.1) is 0 Å². The Kier molecular flexibility index (Phi) is 2.48. The Morgan fingerprint density at radius 3 is 2.55 bits per heavy atom. The van der Waals surface area contributed by atoms with E-state index >= 15 is 0 Å². The molecule has 6 heteroatoms. The van der Waals surface area contributed by atoms with Gasteiger partial charge in [-0.1, -0.05) is 0 Å². The van der Waals surface area contributed by atoms with Crippen LogP contribution in [0.25, 0.3) is 0 Å². The van der Waals surface area contributed by atoms with Crippen molar-refractivity contribution < 1.29 is 8.42 Å². The number of hydrogen-bond acceptors (Lipinski definition) is 4. The lowest BCUT2D eigenvalue weighted by Gasteiger charge is -2.12. The first-order valence-corrected chi connectivity index (χ1v) is 5.30. The van der Waals surface area contributed by atoms with Gasteiger partial charge in [0.1, 0.15) is 0 Å². The Balaban J connectivity index is 2.55. The van der Waals surface area contributed by atoms with Gasteiger partial charge >= 0.3 is 0 Å². The Morgan fingerprint density at radius 2 is 2.27 bits per heavy atom. The Morgan fingerprint density at radius 1 is 1.64 bits per heavy atom. The van der Waals surface area contributed by atoms with Gasteiger partial charge in [-0.2, -0.15) is 0 Å². The fourth-order valence-corrected chi connectivity index (χ4v) is 2.05. The highest BCUT2D eigenvalue weighted by molar-refractivity contribution is 7.88. The number of hydrogen-bond donors (Lipinski definition) is 2. The Labute approximate surface area is 66.6 Å². The summed E-state index contributed by atoms with van der Waals surface area (Å²) in [5, 5.41) is 0. The van der Waals surface area contributed by atoms with E-state index in [-0.39, 0.29) is 6.04 Å². The van der Waals surface area contributed by atoms with Gasteiger partial charge in [0.2, 0.25) is 10.0 Å². The van der Waals surface area contributed by atoms with Gasteiger partial charge in [0, 0.05) is 19.1 Å². The smallest absolute Gasteiger partial charge is 0.211 e. The van der Waals surface area contributed by atoms with E-state index < -0.39 is 10.0 Å². The molecule has 1 atom stereocenters. The van der Waals surface area contributed by atoms with Crippen molar-refractivity contribution >= 4 is 10.0 Å². The number of nitrogens with zero attached hydrogens (tertiary/aromatic N) is 1. The van der Waals surface area contributed by atoms with Crippen LogP contribution in [0.2, 0.25) is 0 Å². The molecular formula is C5H13N3O2S. The average Bonchev–Trinajstić information content (AvgIpc) is 2.32. The summed E-state index contributed by atoms with van der Waals surface area (Å²) < 4.78 is 23.3. The molecule has 0 amide bonds. The van der Waals surface area contributed by atoms with E-state index in [2.05, 4.69) is 5.43 Å². The maximum absolute atomic E-state index is 11.0. The Hall–Kier alpha value is -0.170. The molecule has 3 N–H and O–H groups in total. The predicted molar refractivity (Wildman–Crippen MR) is 42.1 cm³/mol. The molecule has 11 heavy (non-hydrogen) atoms. The molecule has 0 spiro atoms. The van der Waals surface area contributed by atoms with E-state index in [9.17, 15) is 8.42 Å². The van der Waals surface area contributed by atoms with Gasteiger partial charge in [-0.25, -0.2) is 12.7 Å². The summed E-state index contributed by atoms with van der Waals surface area (Å²) in [4.78, 5) is 0. The standard InChI is InChI=1S/C5H13N3O2S/c1-11(9,10)8-3-2-5(4-8)7-6/h5,7H,2-4,6H2,1H3/t5-/m0/s1. The minimum Gasteiger partial charge on any atom is -0.271 e. The minimum atomic E-state index is -3.01. The van der Waals surface area contributed by atoms with Crippen molar-refractivity contribution in [3.8, 4) is 0 Å². The second-order valence-corrected chi connectivity index (χ2v) is 4.76. The number of nitrogens with one attached hydrogen (secondary N) is 1. The van der Waals surface area contributed by atoms with E-state index in [1.807, 2.05) is 0 Å². The summed E-state index contributed by atoms with van der Waals surface area (Å²) in [6.07, 6.45) is 2.01. The van der Waals surface area contributed by atoms with Gasteiger partial charge in [0.05, 0.1) is 6.26 Å². The van der Waals surface area contributed by atoms with Gasteiger partial charge in [0.15, 0.2) is 0 Å². The quantitative estimate of drug-likeness (QED) is 0.399. The third-order valence-electron chi connectivity index (χ3n) is 1.86. The van der Waals surface area contributed by atoms with Gasteiger partial charge in [-0.15, -0.1) is 0 Å². The molecule has 1 fully saturated rings. The summed E-state index contributed by atoms with van der Waals surface area (Å²) in [5.41, 5.74) is 2.56. The van der Waals surface area contributed by atoms with Crippen molar-refractivity contribution in [1.82, 2.24) is 9.73 Å². The lowest BCUT2D eigenvalue weighted by atomic mass is 10.3. The van der Waals surface area contributed by atoms with Crippen LogP contribution in [0.1, 0.15) is 6.42 Å². The molecular weight excluding hydrogens is 166 g/mol. The van der Waals surface area contributed by atoms with E-state index in [1.54, 1.807) is 0 Å². The predicted octanol–water partition coefficient (Wildman–Crippen LogP) is -1.52. The summed E-state index contributed by atoms with van der Waals surface area (Å²) in [7, 11) is -3.01. The highest BCUT2D eigenvalue weighted by Gasteiger charge is 2.27. The zero-order valence-corrected chi connectivity index (χ0v) is 7.26. The van der Waals surface area contributed by atoms with Gasteiger partial charge in [-0.3, -0.25) is 11.3 Å². The lowest BCUT2D eigenvalue weighted by Crippen LogP contribution is -2.38. The first-order chi connectivity index (χ1) is 5.04. The van der Waals surface area contributed by atoms with E-state index in [0.29, 0.717) is 13.1 Å². The maximum atomic E-state index is 11.0. The lowest BCUT2D eigenvalue weighted by molar-refractivity contribution is 0.464. The number of sulfonamides is 1. The summed E-state index contributed by atoms with van der Waals surface area (Å²) in [6, 6.07) is 0.115. The van der Waals surface area contributed by atoms with Crippen molar-refractivity contribution in [2.45, 2.75) is 12.5 Å². The van der Waals surface area contributed by atoms with Crippen LogP contribution < -0.4 is 11.3 Å². The summed E-state index contributed by atoms with van der Waals surface area (Å²) in [6.45, 7) is 1.07. The third-order valence-corrected chi connectivity index (χ3v) is 3.13. The molecule has 0 unspecified atom stereocenters. The molecule has 0 bridgehead atoms. The van der Waals surface area contributed by atoms with Crippen LogP contribution in [0.5, 0.6) is 0 Å². The van der Waals surface area contributed by atoms with Crippen LogP contribution >= 0.6 is 0 Å². The molecule has 0 aromatic carbocycles. The first kappa shape index (κ1) is 8.92. The molecule has 1 aliphatic rings. The van der Waals surface area contributed by atoms with Crippen LogP contribution in [-0.2, 0) is 10.0 Å². The normalized spacial score (nSPS) is 27.6. The number of hydrazine groups is 1.